The summed E-state index contributed by atoms with van der Waals surface area (Å²) in [5.41, 5.74) is 2.73. The highest BCUT2D eigenvalue weighted by atomic mass is 32.2. The van der Waals surface area contributed by atoms with Gasteiger partial charge in [-0.1, -0.05) is 24.3 Å². The van der Waals surface area contributed by atoms with Gasteiger partial charge in [0.2, 0.25) is 5.91 Å². The summed E-state index contributed by atoms with van der Waals surface area (Å²) < 4.78 is -1.33. The molecule has 2 unspecified atom stereocenters. The second-order valence-corrected chi connectivity index (χ2v) is 11.9. The molecule has 0 aromatic heterocycles. The molecule has 3 heterocycles. The van der Waals surface area contributed by atoms with Gasteiger partial charge in [0.1, 0.15) is 6.04 Å². The van der Waals surface area contributed by atoms with Gasteiger partial charge in [0.05, 0.1) is 16.6 Å². The lowest BCUT2D eigenvalue weighted by Gasteiger charge is -2.38. The summed E-state index contributed by atoms with van der Waals surface area (Å²) in [5.74, 6) is -2.92. The predicted molar refractivity (Wildman–Crippen MR) is 133 cm³/mol. The number of unbranched alkanes of at least 4 members (excludes halogenated alkanes) is 1. The van der Waals surface area contributed by atoms with Crippen LogP contribution in [0, 0.1) is 25.7 Å². The van der Waals surface area contributed by atoms with Crippen molar-refractivity contribution in [3.8, 4) is 0 Å². The molecule has 3 saturated heterocycles. The molecule has 0 aliphatic carbocycles. The number of thioether (sulfide) groups is 1. The molecule has 1 spiro atoms. The zero-order chi connectivity index (χ0) is 24.8. The zero-order valence-electron chi connectivity index (χ0n) is 20.1. The lowest BCUT2D eigenvalue weighted by Crippen LogP contribution is -2.55. The molecule has 2 amide bonds. The van der Waals surface area contributed by atoms with Gasteiger partial charge in [0, 0.05) is 30.1 Å². The van der Waals surface area contributed by atoms with Crippen LogP contribution >= 0.6 is 11.8 Å². The number of carbonyl (C=O) groups is 3. The topological polar surface area (TPSA) is 98.2 Å². The first kappa shape index (κ1) is 24.8. The van der Waals surface area contributed by atoms with E-state index in [1.54, 1.807) is 27.6 Å². The van der Waals surface area contributed by atoms with Crippen LogP contribution in [-0.4, -0.2) is 68.1 Å². The zero-order valence-corrected chi connectivity index (χ0v) is 20.9. The predicted octanol–water partition coefficient (Wildman–Crippen LogP) is 3.16. The van der Waals surface area contributed by atoms with Gasteiger partial charge in [-0.15, -0.1) is 18.3 Å². The minimum atomic E-state index is -0.962. The van der Waals surface area contributed by atoms with E-state index in [0.29, 0.717) is 38.8 Å². The monoisotopic (exact) mass is 486 g/mol. The molecule has 34 heavy (non-hydrogen) atoms. The molecule has 3 fully saturated rings. The Morgan fingerprint density at radius 3 is 2.53 bits per heavy atom. The minimum absolute atomic E-state index is 0.00474. The van der Waals surface area contributed by atoms with Crippen molar-refractivity contribution in [3.63, 3.8) is 0 Å². The summed E-state index contributed by atoms with van der Waals surface area (Å²) in [6, 6.07) is 5.12. The number of likely N-dealkylation sites (tertiary alicyclic amines) is 1. The van der Waals surface area contributed by atoms with Crippen molar-refractivity contribution in [2.75, 3.05) is 24.6 Å². The van der Waals surface area contributed by atoms with Crippen LogP contribution in [0.15, 0.2) is 30.9 Å². The maximum Gasteiger partial charge on any atom is 0.308 e. The van der Waals surface area contributed by atoms with Crippen LogP contribution in [0.4, 0.5) is 5.69 Å². The molecule has 7 nitrogen and oxygen atoms in total. The van der Waals surface area contributed by atoms with E-state index in [0.717, 1.165) is 16.8 Å². The normalized spacial score (nSPS) is 31.6. The van der Waals surface area contributed by atoms with Crippen molar-refractivity contribution in [1.82, 2.24) is 4.90 Å². The molecule has 3 aliphatic heterocycles. The van der Waals surface area contributed by atoms with Crippen LogP contribution in [-0.2, 0) is 14.4 Å². The van der Waals surface area contributed by atoms with Crippen LogP contribution in [0.2, 0.25) is 0 Å². The lowest BCUT2D eigenvalue weighted by atomic mass is 9.66. The van der Waals surface area contributed by atoms with E-state index in [-0.39, 0.29) is 18.4 Å². The number of aryl methyl sites for hydroxylation is 2. The van der Waals surface area contributed by atoms with Crippen LogP contribution in [0.25, 0.3) is 0 Å². The van der Waals surface area contributed by atoms with Crippen LogP contribution in [0.5, 0.6) is 0 Å². The van der Waals surface area contributed by atoms with E-state index in [1.165, 1.54) is 0 Å². The number of para-hydroxylation sites is 1. The minimum Gasteiger partial charge on any atom is -0.481 e. The lowest BCUT2D eigenvalue weighted by molar-refractivity contribution is -0.150. The van der Waals surface area contributed by atoms with Gasteiger partial charge >= 0.3 is 5.97 Å². The number of carboxylic acids is 1. The fourth-order valence-electron chi connectivity index (χ4n) is 6.52. The Kier molecular flexibility index (Phi) is 6.59. The number of fused-ring (bicyclic) bond motifs is 1. The van der Waals surface area contributed by atoms with E-state index >= 15 is 0 Å². The molecule has 0 radical (unpaired) electrons. The van der Waals surface area contributed by atoms with Crippen LogP contribution in [0.1, 0.15) is 43.7 Å². The van der Waals surface area contributed by atoms with Crippen LogP contribution < -0.4 is 4.90 Å². The number of benzene rings is 1. The van der Waals surface area contributed by atoms with Crippen molar-refractivity contribution in [1.29, 1.82) is 0 Å². The molecule has 4 rings (SSSR count). The molecule has 5 atom stereocenters. The molecule has 1 aromatic carbocycles. The molecule has 3 aliphatic rings. The fraction of sp³-hybridized carbons (Fsp3) is 0.577. The quantitative estimate of drug-likeness (QED) is 0.411. The van der Waals surface area contributed by atoms with E-state index in [9.17, 15) is 24.6 Å². The average molecular weight is 487 g/mol. The molecule has 0 saturated carbocycles. The number of carbonyl (C=O) groups excluding carboxylic acids is 2. The van der Waals surface area contributed by atoms with Crippen molar-refractivity contribution in [2.45, 2.75) is 62.0 Å². The largest absolute Gasteiger partial charge is 0.481 e. The summed E-state index contributed by atoms with van der Waals surface area (Å²) in [4.78, 5) is 43.9. The highest BCUT2D eigenvalue weighted by molar-refractivity contribution is 8.02. The molecule has 2 bridgehead atoms. The Morgan fingerprint density at radius 1 is 1.26 bits per heavy atom. The Bertz CT molecular complexity index is 1010. The standard InChI is InChI=1S/C26H34N2O5S/c1-5-13-27(20-16(2)9-8-10-17(20)3)23(31)21-26-12-11-25(4,34-26)19(24(32)33)18(26)22(30)28(21)14-6-7-15-29/h5,8-10,18-19,21,29H,1,6-7,11-15H2,2-4H3,(H,32,33)/t18-,19+,21?,25-,26?/m0/s1. The first-order valence-electron chi connectivity index (χ1n) is 12.0. The van der Waals surface area contributed by atoms with Crippen molar-refractivity contribution < 1.29 is 24.6 Å². The third kappa shape index (κ3) is 3.57. The van der Waals surface area contributed by atoms with Crippen LogP contribution in [0.3, 0.4) is 0 Å². The Labute approximate surface area is 205 Å². The third-order valence-corrected chi connectivity index (χ3v) is 9.86. The number of anilines is 1. The number of rotatable bonds is 9. The number of aliphatic hydroxyl groups excluding tert-OH is 1. The number of nitrogens with zero attached hydrogens (tertiary/aromatic N) is 2. The van der Waals surface area contributed by atoms with E-state index in [1.807, 2.05) is 39.0 Å². The third-order valence-electron chi connectivity index (χ3n) is 7.87. The van der Waals surface area contributed by atoms with Crippen molar-refractivity contribution in [2.24, 2.45) is 11.8 Å². The highest BCUT2D eigenvalue weighted by Crippen LogP contribution is 2.71. The number of amides is 2. The van der Waals surface area contributed by atoms with Gasteiger partial charge in [-0.2, -0.15) is 0 Å². The smallest absolute Gasteiger partial charge is 0.308 e. The molecular weight excluding hydrogens is 452 g/mol. The summed E-state index contributed by atoms with van der Waals surface area (Å²) in [5, 5.41) is 19.4. The van der Waals surface area contributed by atoms with E-state index in [4.69, 9.17) is 0 Å². The van der Waals surface area contributed by atoms with E-state index < -0.39 is 33.3 Å². The Morgan fingerprint density at radius 2 is 1.94 bits per heavy atom. The SMILES string of the molecule is C=CCN(C(=O)C1N(CCCCO)C(=O)[C@@H]2[C@H](C(=O)O)[C@]3(C)CCC12S3)c1c(C)cccc1C. The summed E-state index contributed by atoms with van der Waals surface area (Å²) in [7, 11) is 0. The number of hydrogen-bond acceptors (Lipinski definition) is 5. The average Bonchev–Trinajstić information content (AvgIpc) is 3.34. The molecule has 2 N–H and O–H groups in total. The second kappa shape index (κ2) is 9.04. The number of hydrogen-bond donors (Lipinski definition) is 2. The summed E-state index contributed by atoms with van der Waals surface area (Å²) in [6.07, 6.45) is 4.06. The van der Waals surface area contributed by atoms with Gasteiger partial charge in [0.25, 0.3) is 5.91 Å². The van der Waals surface area contributed by atoms with Gasteiger partial charge in [-0.05, 0) is 57.6 Å². The van der Waals surface area contributed by atoms with Crippen molar-refractivity contribution in [3.05, 3.63) is 42.0 Å². The molecule has 8 heteroatoms. The first-order chi connectivity index (χ1) is 16.1. The van der Waals surface area contributed by atoms with Gasteiger partial charge in [-0.3, -0.25) is 14.4 Å². The highest BCUT2D eigenvalue weighted by Gasteiger charge is 2.77. The Balaban J connectivity index is 1.82. The number of carboxylic acid groups (broad SMARTS) is 1. The van der Waals surface area contributed by atoms with E-state index in [2.05, 4.69) is 6.58 Å². The van der Waals surface area contributed by atoms with Gasteiger partial charge in [0.15, 0.2) is 0 Å². The number of aliphatic carboxylic acids is 1. The Hall–Kier alpha value is -2.32. The number of aliphatic hydroxyl groups is 1. The van der Waals surface area contributed by atoms with Gasteiger partial charge in [-0.25, -0.2) is 0 Å². The summed E-state index contributed by atoms with van der Waals surface area (Å²) >= 11 is 1.54. The first-order valence-corrected chi connectivity index (χ1v) is 12.8. The molecular formula is C26H34N2O5S. The summed E-state index contributed by atoms with van der Waals surface area (Å²) in [6.45, 7) is 10.3. The maximum atomic E-state index is 14.4. The fourth-order valence-corrected chi connectivity index (χ4v) is 8.86. The van der Waals surface area contributed by atoms with Gasteiger partial charge < -0.3 is 20.0 Å². The molecule has 184 valence electrons. The molecule has 1 aromatic rings. The maximum absolute atomic E-state index is 14.4. The van der Waals surface area contributed by atoms with Crippen molar-refractivity contribution >= 4 is 35.2 Å². The second-order valence-electron chi connectivity index (χ2n) is 10.0.